The zero-order valence-corrected chi connectivity index (χ0v) is 9.06. The molecule has 4 heteroatoms. The number of carboxylic acid groups (broad SMARTS) is 1. The summed E-state index contributed by atoms with van der Waals surface area (Å²) < 4.78 is 13.0. The molecule has 0 amide bonds. The molecule has 1 saturated heterocycles. The molecule has 1 unspecified atom stereocenters. The lowest BCUT2D eigenvalue weighted by molar-refractivity contribution is -0.148. The topological polar surface area (TPSA) is 40.5 Å². The molecule has 0 aliphatic carbocycles. The molecule has 1 aliphatic heterocycles. The fraction of sp³-hybridized carbons (Fsp3) is 0.417. The highest BCUT2D eigenvalue weighted by atomic mass is 19.1. The van der Waals surface area contributed by atoms with Gasteiger partial charge in [-0.15, -0.1) is 0 Å². The summed E-state index contributed by atoms with van der Waals surface area (Å²) in [5.74, 6) is -1.27. The molecular weight excluding hydrogens is 209 g/mol. The molecule has 16 heavy (non-hydrogen) atoms. The number of hydrogen-bond donors (Lipinski definition) is 1. The van der Waals surface area contributed by atoms with E-state index < -0.39 is 5.97 Å². The van der Waals surface area contributed by atoms with Crippen LogP contribution in [0.5, 0.6) is 0 Å². The standard InChI is InChI=1S/C12H14FNO2/c1-8(9-3-2-4-11(13)5-9)14-6-10(7-14)12(15)16/h2-5,8,10H,6-7H2,1H3,(H,15,16). The van der Waals surface area contributed by atoms with Gasteiger partial charge in [0.1, 0.15) is 5.82 Å². The Morgan fingerprint density at radius 2 is 2.25 bits per heavy atom. The fourth-order valence-electron chi connectivity index (χ4n) is 1.96. The van der Waals surface area contributed by atoms with E-state index in [4.69, 9.17) is 5.11 Å². The molecule has 0 aromatic heterocycles. The van der Waals surface area contributed by atoms with Gasteiger partial charge in [-0.25, -0.2) is 4.39 Å². The SMILES string of the molecule is CC(c1cccc(F)c1)N1CC(C(=O)O)C1. The van der Waals surface area contributed by atoms with Crippen LogP contribution in [0.2, 0.25) is 0 Å². The Morgan fingerprint density at radius 1 is 1.56 bits per heavy atom. The maximum Gasteiger partial charge on any atom is 0.309 e. The van der Waals surface area contributed by atoms with Crippen molar-refractivity contribution in [2.75, 3.05) is 13.1 Å². The number of aliphatic carboxylic acids is 1. The minimum atomic E-state index is -0.748. The number of likely N-dealkylation sites (tertiary alicyclic amines) is 1. The van der Waals surface area contributed by atoms with Gasteiger partial charge >= 0.3 is 5.97 Å². The van der Waals surface area contributed by atoms with E-state index in [-0.39, 0.29) is 17.8 Å². The summed E-state index contributed by atoms with van der Waals surface area (Å²) in [5.41, 5.74) is 0.892. The third-order valence-electron chi connectivity index (χ3n) is 3.14. The Balaban J connectivity index is 2.00. The molecule has 2 rings (SSSR count). The highest BCUT2D eigenvalue weighted by Crippen LogP contribution is 2.28. The van der Waals surface area contributed by atoms with Gasteiger partial charge in [-0.2, -0.15) is 0 Å². The molecule has 0 radical (unpaired) electrons. The largest absolute Gasteiger partial charge is 0.481 e. The molecule has 1 fully saturated rings. The normalized spacial score (nSPS) is 19.1. The second-order valence-electron chi connectivity index (χ2n) is 4.22. The number of halogens is 1. The van der Waals surface area contributed by atoms with Crippen molar-refractivity contribution in [1.82, 2.24) is 4.90 Å². The van der Waals surface area contributed by atoms with Crippen molar-refractivity contribution in [3.63, 3.8) is 0 Å². The Hall–Kier alpha value is -1.42. The van der Waals surface area contributed by atoms with E-state index in [0.29, 0.717) is 13.1 Å². The number of rotatable bonds is 3. The van der Waals surface area contributed by atoms with E-state index in [0.717, 1.165) is 5.56 Å². The summed E-state index contributed by atoms with van der Waals surface area (Å²) in [5, 5.41) is 8.76. The van der Waals surface area contributed by atoms with Gasteiger partial charge in [-0.05, 0) is 24.6 Å². The number of hydrogen-bond acceptors (Lipinski definition) is 2. The Kier molecular flexibility index (Phi) is 2.92. The van der Waals surface area contributed by atoms with Crippen molar-refractivity contribution < 1.29 is 14.3 Å². The third kappa shape index (κ3) is 2.07. The quantitative estimate of drug-likeness (QED) is 0.850. The van der Waals surface area contributed by atoms with E-state index in [9.17, 15) is 9.18 Å². The lowest BCUT2D eigenvalue weighted by Gasteiger charge is -2.41. The van der Waals surface area contributed by atoms with Crippen LogP contribution >= 0.6 is 0 Å². The van der Waals surface area contributed by atoms with Crippen LogP contribution in [0.3, 0.4) is 0 Å². The van der Waals surface area contributed by atoms with Gasteiger partial charge in [-0.1, -0.05) is 12.1 Å². The van der Waals surface area contributed by atoms with E-state index in [2.05, 4.69) is 0 Å². The second kappa shape index (κ2) is 4.22. The summed E-state index contributed by atoms with van der Waals surface area (Å²) >= 11 is 0. The summed E-state index contributed by atoms with van der Waals surface area (Å²) in [6, 6.07) is 6.52. The van der Waals surface area contributed by atoms with E-state index >= 15 is 0 Å². The Bertz CT molecular complexity index is 402. The van der Waals surface area contributed by atoms with Crippen LogP contribution in [-0.2, 0) is 4.79 Å². The van der Waals surface area contributed by atoms with Gasteiger partial charge in [0.25, 0.3) is 0 Å². The molecule has 1 N–H and O–H groups in total. The maximum atomic E-state index is 13.0. The first-order valence-electron chi connectivity index (χ1n) is 5.30. The van der Waals surface area contributed by atoms with Crippen molar-refractivity contribution in [3.05, 3.63) is 35.6 Å². The minimum Gasteiger partial charge on any atom is -0.481 e. The Morgan fingerprint density at radius 3 is 2.81 bits per heavy atom. The Labute approximate surface area is 93.5 Å². The zero-order chi connectivity index (χ0) is 11.7. The van der Waals surface area contributed by atoms with Crippen molar-refractivity contribution in [1.29, 1.82) is 0 Å². The zero-order valence-electron chi connectivity index (χ0n) is 9.06. The van der Waals surface area contributed by atoms with Gasteiger partial charge in [-0.3, -0.25) is 9.69 Å². The third-order valence-corrected chi connectivity index (χ3v) is 3.14. The average molecular weight is 223 g/mol. The molecule has 1 aromatic rings. The predicted molar refractivity (Wildman–Crippen MR) is 57.5 cm³/mol. The maximum absolute atomic E-state index is 13.0. The molecule has 1 heterocycles. The van der Waals surface area contributed by atoms with Crippen molar-refractivity contribution in [2.45, 2.75) is 13.0 Å². The van der Waals surface area contributed by atoms with E-state index in [1.165, 1.54) is 12.1 Å². The molecule has 86 valence electrons. The molecule has 0 spiro atoms. The first-order chi connectivity index (χ1) is 7.58. The summed E-state index contributed by atoms with van der Waals surface area (Å²) in [6.07, 6.45) is 0. The number of nitrogens with zero attached hydrogens (tertiary/aromatic N) is 1. The smallest absolute Gasteiger partial charge is 0.309 e. The highest BCUT2D eigenvalue weighted by molar-refractivity contribution is 5.71. The molecule has 0 saturated carbocycles. The highest BCUT2D eigenvalue weighted by Gasteiger charge is 2.35. The first kappa shape index (κ1) is 11.1. The second-order valence-corrected chi connectivity index (χ2v) is 4.22. The summed E-state index contributed by atoms with van der Waals surface area (Å²) in [6.45, 7) is 3.06. The molecule has 3 nitrogen and oxygen atoms in total. The lowest BCUT2D eigenvalue weighted by atomic mass is 9.95. The molecule has 1 atom stereocenters. The van der Waals surface area contributed by atoms with Crippen LogP contribution in [0.1, 0.15) is 18.5 Å². The number of benzene rings is 1. The monoisotopic (exact) mass is 223 g/mol. The van der Waals surface area contributed by atoms with Gasteiger partial charge in [0.15, 0.2) is 0 Å². The molecule has 1 aromatic carbocycles. The molecule has 1 aliphatic rings. The molecular formula is C12H14FNO2. The van der Waals surface area contributed by atoms with E-state index in [1.807, 2.05) is 17.9 Å². The van der Waals surface area contributed by atoms with Crippen LogP contribution in [0.15, 0.2) is 24.3 Å². The van der Waals surface area contributed by atoms with Crippen molar-refractivity contribution in [3.8, 4) is 0 Å². The van der Waals surface area contributed by atoms with Gasteiger partial charge in [0.2, 0.25) is 0 Å². The van der Waals surface area contributed by atoms with Crippen LogP contribution in [0.4, 0.5) is 4.39 Å². The van der Waals surface area contributed by atoms with Crippen LogP contribution in [0.25, 0.3) is 0 Å². The average Bonchev–Trinajstić information content (AvgIpc) is 2.14. The van der Waals surface area contributed by atoms with Gasteiger partial charge in [0.05, 0.1) is 5.92 Å². The number of carbonyl (C=O) groups is 1. The van der Waals surface area contributed by atoms with Crippen LogP contribution < -0.4 is 0 Å². The molecule has 0 bridgehead atoms. The van der Waals surface area contributed by atoms with Crippen LogP contribution in [-0.4, -0.2) is 29.1 Å². The first-order valence-corrected chi connectivity index (χ1v) is 5.30. The lowest BCUT2D eigenvalue weighted by Crippen LogP contribution is -2.51. The summed E-state index contributed by atoms with van der Waals surface area (Å²) in [7, 11) is 0. The predicted octanol–water partition coefficient (Wildman–Crippen LogP) is 1.90. The fourth-order valence-corrected chi connectivity index (χ4v) is 1.96. The van der Waals surface area contributed by atoms with Gasteiger partial charge in [0, 0.05) is 19.1 Å². The van der Waals surface area contributed by atoms with E-state index in [1.54, 1.807) is 6.07 Å². The minimum absolute atomic E-state index is 0.0753. The van der Waals surface area contributed by atoms with Gasteiger partial charge < -0.3 is 5.11 Å². The van der Waals surface area contributed by atoms with Crippen molar-refractivity contribution in [2.24, 2.45) is 5.92 Å². The number of carboxylic acids is 1. The van der Waals surface area contributed by atoms with Crippen molar-refractivity contribution >= 4 is 5.97 Å². The van der Waals surface area contributed by atoms with Crippen LogP contribution in [0, 0.1) is 11.7 Å². The summed E-state index contributed by atoms with van der Waals surface area (Å²) in [4.78, 5) is 12.7.